The first-order chi connectivity index (χ1) is 7.49. The Bertz CT molecular complexity index is 306. The Morgan fingerprint density at radius 1 is 1.25 bits per heavy atom. The Labute approximate surface area is 98.0 Å². The van der Waals surface area contributed by atoms with Crippen molar-refractivity contribution in [1.29, 1.82) is 0 Å². The standard InChI is InChI=1S/C13H22N2O/c1-9(2)7-10(3)16-13-6-5-12(8-15-13)11(4)14/h5-6,8-11H,7,14H2,1-4H3/t10?,11-/m1/s1. The van der Waals surface area contributed by atoms with Crippen LogP contribution in [0.5, 0.6) is 5.88 Å². The first-order valence-electron chi connectivity index (χ1n) is 5.87. The second-order valence-corrected chi connectivity index (χ2v) is 4.78. The van der Waals surface area contributed by atoms with Gasteiger partial charge in [-0.15, -0.1) is 0 Å². The third kappa shape index (κ3) is 4.19. The highest BCUT2D eigenvalue weighted by Gasteiger charge is 2.08. The van der Waals surface area contributed by atoms with E-state index in [2.05, 4.69) is 25.8 Å². The van der Waals surface area contributed by atoms with Crippen molar-refractivity contribution in [2.45, 2.75) is 46.3 Å². The number of rotatable bonds is 5. The van der Waals surface area contributed by atoms with Gasteiger partial charge in [-0.3, -0.25) is 0 Å². The molecule has 2 atom stereocenters. The van der Waals surface area contributed by atoms with E-state index < -0.39 is 0 Å². The molecule has 0 aliphatic carbocycles. The molecule has 16 heavy (non-hydrogen) atoms. The molecule has 3 heteroatoms. The molecule has 0 aliphatic rings. The quantitative estimate of drug-likeness (QED) is 0.833. The Morgan fingerprint density at radius 2 is 1.94 bits per heavy atom. The maximum Gasteiger partial charge on any atom is 0.213 e. The molecule has 90 valence electrons. The summed E-state index contributed by atoms with van der Waals surface area (Å²) < 4.78 is 5.71. The van der Waals surface area contributed by atoms with E-state index in [1.807, 2.05) is 19.1 Å². The summed E-state index contributed by atoms with van der Waals surface area (Å²) in [7, 11) is 0. The topological polar surface area (TPSA) is 48.1 Å². The van der Waals surface area contributed by atoms with Crippen molar-refractivity contribution >= 4 is 0 Å². The minimum atomic E-state index is 0.0228. The minimum absolute atomic E-state index is 0.0228. The lowest BCUT2D eigenvalue weighted by Crippen LogP contribution is -2.15. The summed E-state index contributed by atoms with van der Waals surface area (Å²) in [6.07, 6.45) is 3.02. The van der Waals surface area contributed by atoms with Crippen LogP contribution >= 0.6 is 0 Å². The van der Waals surface area contributed by atoms with Gasteiger partial charge in [-0.1, -0.05) is 19.9 Å². The Kier molecular flexibility index (Phi) is 4.74. The van der Waals surface area contributed by atoms with Crippen molar-refractivity contribution in [3.8, 4) is 5.88 Å². The molecule has 3 nitrogen and oxygen atoms in total. The lowest BCUT2D eigenvalue weighted by Gasteiger charge is -2.16. The molecular formula is C13H22N2O. The monoisotopic (exact) mass is 222 g/mol. The van der Waals surface area contributed by atoms with Gasteiger partial charge in [-0.25, -0.2) is 4.98 Å². The van der Waals surface area contributed by atoms with Crippen LogP contribution in [0.3, 0.4) is 0 Å². The highest BCUT2D eigenvalue weighted by molar-refractivity contribution is 5.20. The molecule has 0 aliphatic heterocycles. The molecule has 1 heterocycles. The fourth-order valence-electron chi connectivity index (χ4n) is 1.65. The first kappa shape index (κ1) is 13.0. The molecule has 1 unspecified atom stereocenters. The van der Waals surface area contributed by atoms with Gasteiger partial charge in [0.05, 0.1) is 6.10 Å². The van der Waals surface area contributed by atoms with Gasteiger partial charge in [0, 0.05) is 18.3 Å². The average molecular weight is 222 g/mol. The van der Waals surface area contributed by atoms with Crippen LogP contribution in [0.1, 0.15) is 45.7 Å². The number of hydrogen-bond acceptors (Lipinski definition) is 3. The van der Waals surface area contributed by atoms with Crippen LogP contribution in [0.2, 0.25) is 0 Å². The summed E-state index contributed by atoms with van der Waals surface area (Å²) in [6, 6.07) is 3.87. The van der Waals surface area contributed by atoms with E-state index in [1.165, 1.54) is 0 Å². The van der Waals surface area contributed by atoms with Crippen LogP contribution in [-0.4, -0.2) is 11.1 Å². The molecule has 0 spiro atoms. The van der Waals surface area contributed by atoms with Crippen LogP contribution in [0.15, 0.2) is 18.3 Å². The third-order valence-electron chi connectivity index (χ3n) is 2.41. The third-order valence-corrected chi connectivity index (χ3v) is 2.41. The molecule has 0 radical (unpaired) electrons. The molecule has 0 fully saturated rings. The Morgan fingerprint density at radius 3 is 2.38 bits per heavy atom. The Hall–Kier alpha value is -1.09. The summed E-state index contributed by atoms with van der Waals surface area (Å²) in [5.74, 6) is 1.32. The Balaban J connectivity index is 2.55. The van der Waals surface area contributed by atoms with Gasteiger partial charge < -0.3 is 10.5 Å². The zero-order valence-corrected chi connectivity index (χ0v) is 10.6. The van der Waals surface area contributed by atoms with Crippen molar-refractivity contribution in [1.82, 2.24) is 4.98 Å². The highest BCUT2D eigenvalue weighted by atomic mass is 16.5. The summed E-state index contributed by atoms with van der Waals surface area (Å²) in [5.41, 5.74) is 6.78. The van der Waals surface area contributed by atoms with Crippen LogP contribution in [0.4, 0.5) is 0 Å². The molecule has 1 aromatic heterocycles. The molecular weight excluding hydrogens is 200 g/mol. The smallest absolute Gasteiger partial charge is 0.213 e. The second-order valence-electron chi connectivity index (χ2n) is 4.78. The minimum Gasteiger partial charge on any atom is -0.475 e. The fraction of sp³-hybridized carbons (Fsp3) is 0.615. The molecule has 0 amide bonds. The zero-order valence-electron chi connectivity index (χ0n) is 10.6. The predicted molar refractivity (Wildman–Crippen MR) is 66.4 cm³/mol. The molecule has 1 rings (SSSR count). The molecule has 2 N–H and O–H groups in total. The van der Waals surface area contributed by atoms with E-state index in [0.29, 0.717) is 11.8 Å². The van der Waals surface area contributed by atoms with E-state index in [0.717, 1.165) is 12.0 Å². The van der Waals surface area contributed by atoms with Crippen molar-refractivity contribution in [3.05, 3.63) is 23.9 Å². The molecule has 0 saturated heterocycles. The number of pyridine rings is 1. The van der Waals surface area contributed by atoms with E-state index in [4.69, 9.17) is 10.5 Å². The van der Waals surface area contributed by atoms with Gasteiger partial charge in [0.1, 0.15) is 0 Å². The maximum absolute atomic E-state index is 5.75. The van der Waals surface area contributed by atoms with Gasteiger partial charge in [0.25, 0.3) is 0 Å². The van der Waals surface area contributed by atoms with Crippen LogP contribution in [0.25, 0.3) is 0 Å². The first-order valence-corrected chi connectivity index (χ1v) is 5.87. The van der Waals surface area contributed by atoms with Gasteiger partial charge in [0.2, 0.25) is 5.88 Å². The summed E-state index contributed by atoms with van der Waals surface area (Å²) >= 11 is 0. The summed E-state index contributed by atoms with van der Waals surface area (Å²) in [6.45, 7) is 8.39. The van der Waals surface area contributed by atoms with Gasteiger partial charge in [-0.05, 0) is 31.7 Å². The van der Waals surface area contributed by atoms with Crippen LogP contribution < -0.4 is 10.5 Å². The van der Waals surface area contributed by atoms with Gasteiger partial charge >= 0.3 is 0 Å². The number of hydrogen-bond donors (Lipinski definition) is 1. The van der Waals surface area contributed by atoms with Crippen molar-refractivity contribution in [3.63, 3.8) is 0 Å². The number of aromatic nitrogens is 1. The van der Waals surface area contributed by atoms with E-state index in [9.17, 15) is 0 Å². The summed E-state index contributed by atoms with van der Waals surface area (Å²) in [4.78, 5) is 4.24. The second kappa shape index (κ2) is 5.85. The predicted octanol–water partition coefficient (Wildman–Crippen LogP) is 2.91. The number of nitrogens with two attached hydrogens (primary N) is 1. The lowest BCUT2D eigenvalue weighted by atomic mass is 10.1. The number of nitrogens with zero attached hydrogens (tertiary/aromatic N) is 1. The maximum atomic E-state index is 5.75. The SMILES string of the molecule is CC(C)CC(C)Oc1ccc([C@@H](C)N)cn1. The molecule has 0 bridgehead atoms. The lowest BCUT2D eigenvalue weighted by molar-refractivity contribution is 0.185. The number of ether oxygens (including phenoxy) is 1. The van der Waals surface area contributed by atoms with Gasteiger partial charge in [0.15, 0.2) is 0 Å². The fourth-order valence-corrected chi connectivity index (χ4v) is 1.65. The van der Waals surface area contributed by atoms with Crippen molar-refractivity contribution in [2.75, 3.05) is 0 Å². The van der Waals surface area contributed by atoms with Gasteiger partial charge in [-0.2, -0.15) is 0 Å². The molecule has 1 aromatic rings. The highest BCUT2D eigenvalue weighted by Crippen LogP contribution is 2.15. The van der Waals surface area contributed by atoms with E-state index >= 15 is 0 Å². The molecule has 0 aromatic carbocycles. The van der Waals surface area contributed by atoms with Crippen molar-refractivity contribution < 1.29 is 4.74 Å². The largest absolute Gasteiger partial charge is 0.475 e. The zero-order chi connectivity index (χ0) is 12.1. The van der Waals surface area contributed by atoms with Crippen LogP contribution in [-0.2, 0) is 0 Å². The van der Waals surface area contributed by atoms with E-state index in [-0.39, 0.29) is 12.1 Å². The normalized spacial score (nSPS) is 14.9. The van der Waals surface area contributed by atoms with Crippen molar-refractivity contribution in [2.24, 2.45) is 11.7 Å². The van der Waals surface area contributed by atoms with Crippen LogP contribution in [0, 0.1) is 5.92 Å². The average Bonchev–Trinajstić information content (AvgIpc) is 2.16. The summed E-state index contributed by atoms with van der Waals surface area (Å²) in [5, 5.41) is 0. The molecule has 0 saturated carbocycles. The van der Waals surface area contributed by atoms with E-state index in [1.54, 1.807) is 6.20 Å².